The Morgan fingerprint density at radius 2 is 2.24 bits per heavy atom. The van der Waals surface area contributed by atoms with E-state index in [-0.39, 0.29) is 6.04 Å². The zero-order valence-electron chi connectivity index (χ0n) is 12.3. The Morgan fingerprint density at radius 3 is 2.90 bits per heavy atom. The normalized spacial score (nSPS) is 20.8. The average molecular weight is 332 g/mol. The molecule has 21 heavy (non-hydrogen) atoms. The van der Waals surface area contributed by atoms with Crippen molar-refractivity contribution in [1.82, 2.24) is 13.6 Å². The predicted octanol–water partition coefficient (Wildman–Crippen LogP) is 1.89. The van der Waals surface area contributed by atoms with Gasteiger partial charge in [0.1, 0.15) is 0 Å². The van der Waals surface area contributed by atoms with Gasteiger partial charge in [-0.1, -0.05) is 12.5 Å². The van der Waals surface area contributed by atoms with Crippen LogP contribution in [0.5, 0.6) is 0 Å². The third-order valence-corrected chi connectivity index (χ3v) is 6.25. The third-order valence-electron chi connectivity index (χ3n) is 3.85. The Morgan fingerprint density at radius 1 is 1.43 bits per heavy atom. The van der Waals surface area contributed by atoms with Crippen LogP contribution in [0.25, 0.3) is 0 Å². The monoisotopic (exact) mass is 331 g/mol. The van der Waals surface area contributed by atoms with Gasteiger partial charge in [0.2, 0.25) is 0 Å². The lowest BCUT2D eigenvalue weighted by Gasteiger charge is -2.36. The molecule has 0 bridgehead atoms. The number of alkyl halides is 1. The van der Waals surface area contributed by atoms with Gasteiger partial charge < -0.3 is 0 Å². The lowest BCUT2D eigenvalue weighted by molar-refractivity contribution is 0.253. The zero-order chi connectivity index (χ0) is 15.3. The van der Waals surface area contributed by atoms with Crippen LogP contribution in [0, 0.1) is 0 Å². The number of halogens is 1. The number of hydrogen-bond acceptors (Lipinski definition) is 3. The Hall–Kier alpha value is -0.690. The van der Waals surface area contributed by atoms with Crippen molar-refractivity contribution in [3.05, 3.63) is 30.1 Å². The fourth-order valence-electron chi connectivity index (χ4n) is 2.54. The van der Waals surface area contributed by atoms with E-state index in [1.807, 2.05) is 18.2 Å². The van der Waals surface area contributed by atoms with E-state index in [2.05, 4.69) is 4.98 Å². The summed E-state index contributed by atoms with van der Waals surface area (Å²) in [5, 5.41) is 0. The van der Waals surface area contributed by atoms with Crippen LogP contribution in [-0.4, -0.2) is 54.1 Å². The average Bonchev–Trinajstić information content (AvgIpc) is 2.53. The van der Waals surface area contributed by atoms with Gasteiger partial charge in [-0.3, -0.25) is 4.98 Å². The molecule has 5 nitrogen and oxygen atoms in total. The second-order valence-electron chi connectivity index (χ2n) is 5.32. The van der Waals surface area contributed by atoms with E-state index in [4.69, 9.17) is 11.6 Å². The largest absolute Gasteiger partial charge is 0.282 e. The van der Waals surface area contributed by atoms with E-state index in [9.17, 15) is 8.42 Å². The van der Waals surface area contributed by atoms with Crippen LogP contribution >= 0.6 is 11.6 Å². The molecular weight excluding hydrogens is 310 g/mol. The summed E-state index contributed by atoms with van der Waals surface area (Å²) in [6.45, 7) is 0.985. The Labute approximate surface area is 132 Å². The SMILES string of the molecule is CN(CCc1ccccn1)S(=O)(=O)N1CCCCC1CCl. The van der Waals surface area contributed by atoms with Crippen molar-refractivity contribution in [2.75, 3.05) is 26.0 Å². The summed E-state index contributed by atoms with van der Waals surface area (Å²) >= 11 is 5.92. The molecular formula is C14H22ClN3O2S. The van der Waals surface area contributed by atoms with Gasteiger partial charge in [0.05, 0.1) is 0 Å². The van der Waals surface area contributed by atoms with Crippen LogP contribution < -0.4 is 0 Å². The molecule has 1 unspecified atom stereocenters. The van der Waals surface area contributed by atoms with Crippen molar-refractivity contribution in [3.63, 3.8) is 0 Å². The Balaban J connectivity index is 2.00. The molecule has 0 spiro atoms. The molecule has 1 aromatic rings. The maximum absolute atomic E-state index is 12.6. The van der Waals surface area contributed by atoms with E-state index in [1.54, 1.807) is 17.5 Å². The topological polar surface area (TPSA) is 53.5 Å². The standard InChI is InChI=1S/C14H22ClN3O2S/c1-17(11-8-13-6-2-4-9-16-13)21(19,20)18-10-5-3-7-14(18)12-15/h2,4,6,9,14H,3,5,7-8,10-12H2,1H3. The highest BCUT2D eigenvalue weighted by atomic mass is 35.5. The van der Waals surface area contributed by atoms with Gasteiger partial charge >= 0.3 is 0 Å². The fraction of sp³-hybridized carbons (Fsp3) is 0.643. The molecule has 118 valence electrons. The van der Waals surface area contributed by atoms with E-state index in [0.29, 0.717) is 25.4 Å². The maximum Gasteiger partial charge on any atom is 0.282 e. The molecule has 1 fully saturated rings. The molecule has 7 heteroatoms. The Bertz CT molecular complexity index is 538. The molecule has 2 rings (SSSR count). The van der Waals surface area contributed by atoms with Crippen LogP contribution in [-0.2, 0) is 16.6 Å². The summed E-state index contributed by atoms with van der Waals surface area (Å²) in [4.78, 5) is 4.22. The number of piperidine rings is 1. The van der Waals surface area contributed by atoms with Crippen LogP contribution in [0.4, 0.5) is 0 Å². The lowest BCUT2D eigenvalue weighted by Crippen LogP contribution is -2.50. The highest BCUT2D eigenvalue weighted by Crippen LogP contribution is 2.23. The van der Waals surface area contributed by atoms with Gasteiger partial charge in [0.25, 0.3) is 10.2 Å². The molecule has 0 N–H and O–H groups in total. The van der Waals surface area contributed by atoms with Crippen molar-refractivity contribution in [1.29, 1.82) is 0 Å². The first-order valence-corrected chi connectivity index (χ1v) is 9.18. The molecule has 2 heterocycles. The second kappa shape index (κ2) is 7.54. The minimum absolute atomic E-state index is 0.0808. The summed E-state index contributed by atoms with van der Waals surface area (Å²) in [5.74, 6) is 0.354. The molecule has 1 aliphatic heterocycles. The zero-order valence-corrected chi connectivity index (χ0v) is 13.9. The molecule has 1 aliphatic rings. The van der Waals surface area contributed by atoms with Crippen LogP contribution in [0.3, 0.4) is 0 Å². The number of likely N-dealkylation sites (N-methyl/N-ethyl adjacent to an activating group) is 1. The van der Waals surface area contributed by atoms with Gasteiger partial charge in [0, 0.05) is 50.4 Å². The molecule has 0 amide bonds. The van der Waals surface area contributed by atoms with Gasteiger partial charge in [-0.25, -0.2) is 0 Å². The molecule has 0 aromatic carbocycles. The van der Waals surface area contributed by atoms with Gasteiger partial charge in [-0.2, -0.15) is 17.0 Å². The molecule has 0 aliphatic carbocycles. The summed E-state index contributed by atoms with van der Waals surface area (Å²) in [6, 6.07) is 5.58. The van der Waals surface area contributed by atoms with Crippen LogP contribution in [0.2, 0.25) is 0 Å². The van der Waals surface area contributed by atoms with Crippen molar-refractivity contribution in [2.45, 2.75) is 31.7 Å². The van der Waals surface area contributed by atoms with Crippen molar-refractivity contribution in [2.24, 2.45) is 0 Å². The lowest BCUT2D eigenvalue weighted by atomic mass is 10.1. The highest BCUT2D eigenvalue weighted by Gasteiger charge is 2.34. The minimum atomic E-state index is -3.44. The van der Waals surface area contributed by atoms with Gasteiger partial charge in [-0.05, 0) is 25.0 Å². The van der Waals surface area contributed by atoms with E-state index < -0.39 is 10.2 Å². The fourth-order valence-corrected chi connectivity index (χ4v) is 4.54. The smallest absolute Gasteiger partial charge is 0.261 e. The van der Waals surface area contributed by atoms with Gasteiger partial charge in [-0.15, -0.1) is 11.6 Å². The van der Waals surface area contributed by atoms with Crippen molar-refractivity contribution < 1.29 is 8.42 Å². The molecule has 0 saturated carbocycles. The summed E-state index contributed by atoms with van der Waals surface area (Å²) < 4.78 is 28.3. The summed E-state index contributed by atoms with van der Waals surface area (Å²) in [7, 11) is -1.82. The number of nitrogens with zero attached hydrogens (tertiary/aromatic N) is 3. The molecule has 1 saturated heterocycles. The predicted molar refractivity (Wildman–Crippen MR) is 84.6 cm³/mol. The number of pyridine rings is 1. The maximum atomic E-state index is 12.6. The summed E-state index contributed by atoms with van der Waals surface area (Å²) in [6.07, 6.45) is 5.12. The highest BCUT2D eigenvalue weighted by molar-refractivity contribution is 7.86. The quantitative estimate of drug-likeness (QED) is 0.748. The second-order valence-corrected chi connectivity index (χ2v) is 7.61. The van der Waals surface area contributed by atoms with Crippen molar-refractivity contribution >= 4 is 21.8 Å². The van der Waals surface area contributed by atoms with E-state index in [0.717, 1.165) is 25.0 Å². The number of rotatable bonds is 6. The molecule has 1 aromatic heterocycles. The number of aromatic nitrogens is 1. The first kappa shape index (κ1) is 16.7. The minimum Gasteiger partial charge on any atom is -0.261 e. The van der Waals surface area contributed by atoms with Crippen LogP contribution in [0.15, 0.2) is 24.4 Å². The molecule has 0 radical (unpaired) electrons. The number of hydrogen-bond donors (Lipinski definition) is 0. The van der Waals surface area contributed by atoms with Crippen molar-refractivity contribution in [3.8, 4) is 0 Å². The van der Waals surface area contributed by atoms with Gasteiger partial charge in [0.15, 0.2) is 0 Å². The molecule has 1 atom stereocenters. The van der Waals surface area contributed by atoms with E-state index in [1.165, 1.54) is 4.31 Å². The van der Waals surface area contributed by atoms with Crippen LogP contribution in [0.1, 0.15) is 25.0 Å². The third kappa shape index (κ3) is 4.16. The van der Waals surface area contributed by atoms with E-state index >= 15 is 0 Å². The first-order valence-electron chi connectivity index (χ1n) is 7.24. The Kier molecular flexibility index (Phi) is 5.98. The first-order chi connectivity index (χ1) is 10.1. The summed E-state index contributed by atoms with van der Waals surface area (Å²) in [5.41, 5.74) is 0.895.